The molecular weight excluding hydrogens is 290 g/mol. The highest BCUT2D eigenvalue weighted by atomic mass is 16.2. The Morgan fingerprint density at radius 3 is 2.57 bits per heavy atom. The van der Waals surface area contributed by atoms with Gasteiger partial charge in [0, 0.05) is 31.4 Å². The van der Waals surface area contributed by atoms with Crippen LogP contribution in [0.3, 0.4) is 0 Å². The van der Waals surface area contributed by atoms with Crippen LogP contribution in [0.1, 0.15) is 66.8 Å². The first-order chi connectivity index (χ1) is 11.1. The Kier molecular flexibility index (Phi) is 6.56. The van der Waals surface area contributed by atoms with Crippen molar-refractivity contribution >= 4 is 11.8 Å². The zero-order valence-electron chi connectivity index (χ0n) is 14.2. The van der Waals surface area contributed by atoms with Crippen molar-refractivity contribution in [1.29, 1.82) is 0 Å². The van der Waals surface area contributed by atoms with Crippen molar-refractivity contribution in [2.24, 2.45) is 5.92 Å². The molecule has 5 nitrogen and oxygen atoms in total. The van der Waals surface area contributed by atoms with Gasteiger partial charge in [-0.15, -0.1) is 0 Å². The molecule has 2 amide bonds. The highest BCUT2D eigenvalue weighted by Crippen LogP contribution is 2.13. The zero-order chi connectivity index (χ0) is 16.7. The molecule has 0 bridgehead atoms. The zero-order valence-corrected chi connectivity index (χ0v) is 14.2. The molecule has 0 radical (unpaired) electrons. The van der Waals surface area contributed by atoms with Gasteiger partial charge in [-0.25, -0.2) is 0 Å². The van der Waals surface area contributed by atoms with Gasteiger partial charge in [0.25, 0.3) is 11.8 Å². The molecule has 0 spiro atoms. The lowest BCUT2D eigenvalue weighted by Crippen LogP contribution is -2.32. The highest BCUT2D eigenvalue weighted by Gasteiger charge is 2.18. The number of rotatable bonds is 5. The van der Waals surface area contributed by atoms with Crippen LogP contribution in [-0.4, -0.2) is 41.3 Å². The van der Waals surface area contributed by atoms with E-state index in [0.29, 0.717) is 23.7 Å². The van der Waals surface area contributed by atoms with Crippen molar-refractivity contribution < 1.29 is 9.59 Å². The van der Waals surface area contributed by atoms with Gasteiger partial charge in [0.05, 0.1) is 0 Å². The summed E-state index contributed by atoms with van der Waals surface area (Å²) in [6.07, 6.45) is 6.95. The third-order valence-electron chi connectivity index (χ3n) is 4.14. The van der Waals surface area contributed by atoms with E-state index in [1.54, 1.807) is 18.3 Å². The lowest BCUT2D eigenvalue weighted by Gasteiger charge is -2.20. The minimum Gasteiger partial charge on any atom is -0.351 e. The molecule has 1 aliphatic heterocycles. The first-order valence-corrected chi connectivity index (χ1v) is 8.61. The third-order valence-corrected chi connectivity index (χ3v) is 4.14. The van der Waals surface area contributed by atoms with Crippen LogP contribution in [0, 0.1) is 5.92 Å². The van der Waals surface area contributed by atoms with E-state index in [4.69, 9.17) is 0 Å². The topological polar surface area (TPSA) is 62.3 Å². The SMILES string of the molecule is CC(C)CCNC(=O)c1cc(C(=O)N2CCCCCC2)ccn1. The van der Waals surface area contributed by atoms with Crippen LogP contribution in [0.5, 0.6) is 0 Å². The minimum atomic E-state index is -0.212. The Labute approximate surface area is 138 Å². The van der Waals surface area contributed by atoms with Crippen molar-refractivity contribution in [1.82, 2.24) is 15.2 Å². The normalized spacial score (nSPS) is 15.3. The number of hydrogen-bond acceptors (Lipinski definition) is 3. The molecule has 5 heteroatoms. The fraction of sp³-hybridized carbons (Fsp3) is 0.611. The first-order valence-electron chi connectivity index (χ1n) is 8.61. The van der Waals surface area contributed by atoms with Gasteiger partial charge in [-0.05, 0) is 37.3 Å². The fourth-order valence-electron chi connectivity index (χ4n) is 2.71. The molecule has 0 saturated carbocycles. The Balaban J connectivity index is 2.00. The van der Waals surface area contributed by atoms with E-state index in [-0.39, 0.29) is 11.8 Å². The Bertz CT molecular complexity index is 535. The molecule has 1 aromatic heterocycles. The van der Waals surface area contributed by atoms with Crippen molar-refractivity contribution in [2.45, 2.75) is 46.0 Å². The van der Waals surface area contributed by atoms with Crippen molar-refractivity contribution in [3.63, 3.8) is 0 Å². The number of likely N-dealkylation sites (tertiary alicyclic amines) is 1. The molecule has 1 saturated heterocycles. The lowest BCUT2D eigenvalue weighted by molar-refractivity contribution is 0.0761. The van der Waals surface area contributed by atoms with E-state index < -0.39 is 0 Å². The second-order valence-electron chi connectivity index (χ2n) is 6.57. The molecule has 1 fully saturated rings. The van der Waals surface area contributed by atoms with Crippen molar-refractivity contribution in [2.75, 3.05) is 19.6 Å². The summed E-state index contributed by atoms with van der Waals surface area (Å²) in [5.41, 5.74) is 0.866. The number of carbonyl (C=O) groups is 2. The van der Waals surface area contributed by atoms with Crippen LogP contribution in [0.15, 0.2) is 18.3 Å². The average Bonchev–Trinajstić information content (AvgIpc) is 2.83. The van der Waals surface area contributed by atoms with Gasteiger partial charge in [-0.2, -0.15) is 0 Å². The van der Waals surface area contributed by atoms with Gasteiger partial charge in [0.1, 0.15) is 5.69 Å². The summed E-state index contributed by atoms with van der Waals surface area (Å²) < 4.78 is 0. The number of pyridine rings is 1. The molecule has 0 aromatic carbocycles. The molecule has 0 aliphatic carbocycles. The number of amides is 2. The van der Waals surface area contributed by atoms with E-state index in [1.165, 1.54) is 12.8 Å². The summed E-state index contributed by atoms with van der Waals surface area (Å²) in [6, 6.07) is 3.30. The van der Waals surface area contributed by atoms with Crippen LogP contribution >= 0.6 is 0 Å². The summed E-state index contributed by atoms with van der Waals surface area (Å²) in [5.74, 6) is 0.334. The number of hydrogen-bond donors (Lipinski definition) is 1. The highest BCUT2D eigenvalue weighted by molar-refractivity contribution is 5.98. The van der Waals surface area contributed by atoms with Gasteiger partial charge < -0.3 is 10.2 Å². The monoisotopic (exact) mass is 317 g/mol. The molecular formula is C18H27N3O2. The summed E-state index contributed by atoms with van der Waals surface area (Å²) >= 11 is 0. The van der Waals surface area contributed by atoms with Gasteiger partial charge in [0.15, 0.2) is 0 Å². The van der Waals surface area contributed by atoms with E-state index in [2.05, 4.69) is 24.1 Å². The summed E-state index contributed by atoms with van der Waals surface area (Å²) in [5, 5.41) is 2.86. The molecule has 1 aliphatic rings. The molecule has 0 unspecified atom stereocenters. The number of nitrogens with one attached hydrogen (secondary N) is 1. The lowest BCUT2D eigenvalue weighted by atomic mass is 10.1. The summed E-state index contributed by atoms with van der Waals surface area (Å²) in [6.45, 7) is 6.46. The van der Waals surface area contributed by atoms with E-state index in [0.717, 1.165) is 32.4 Å². The Morgan fingerprint density at radius 2 is 1.91 bits per heavy atom. The molecule has 2 rings (SSSR count). The van der Waals surface area contributed by atoms with Crippen molar-refractivity contribution in [3.05, 3.63) is 29.6 Å². The van der Waals surface area contributed by atoms with Crippen LogP contribution in [-0.2, 0) is 0 Å². The van der Waals surface area contributed by atoms with E-state index in [1.807, 2.05) is 4.90 Å². The van der Waals surface area contributed by atoms with Gasteiger partial charge in [0.2, 0.25) is 0 Å². The second kappa shape index (κ2) is 8.65. The van der Waals surface area contributed by atoms with Crippen LogP contribution < -0.4 is 5.32 Å². The Morgan fingerprint density at radius 1 is 1.22 bits per heavy atom. The Hall–Kier alpha value is -1.91. The molecule has 1 N–H and O–H groups in total. The summed E-state index contributed by atoms with van der Waals surface area (Å²) in [7, 11) is 0. The van der Waals surface area contributed by atoms with Gasteiger partial charge in [-0.1, -0.05) is 26.7 Å². The van der Waals surface area contributed by atoms with Gasteiger partial charge >= 0.3 is 0 Å². The minimum absolute atomic E-state index is 0.00512. The maximum absolute atomic E-state index is 12.6. The van der Waals surface area contributed by atoms with E-state index >= 15 is 0 Å². The van der Waals surface area contributed by atoms with Crippen LogP contribution in [0.4, 0.5) is 0 Å². The molecule has 2 heterocycles. The maximum Gasteiger partial charge on any atom is 0.269 e. The standard InChI is InChI=1S/C18H27N3O2/c1-14(2)7-9-20-17(22)16-13-15(8-10-19-16)18(23)21-11-5-3-4-6-12-21/h8,10,13-14H,3-7,9,11-12H2,1-2H3,(H,20,22). The molecule has 126 valence electrons. The average molecular weight is 317 g/mol. The van der Waals surface area contributed by atoms with Crippen LogP contribution in [0.25, 0.3) is 0 Å². The molecule has 0 atom stereocenters. The third kappa shape index (κ3) is 5.34. The predicted octanol–water partition coefficient (Wildman–Crippen LogP) is 2.87. The second-order valence-corrected chi connectivity index (χ2v) is 6.57. The largest absolute Gasteiger partial charge is 0.351 e. The fourth-order valence-corrected chi connectivity index (χ4v) is 2.71. The van der Waals surface area contributed by atoms with Crippen LogP contribution in [0.2, 0.25) is 0 Å². The van der Waals surface area contributed by atoms with E-state index in [9.17, 15) is 9.59 Å². The quantitative estimate of drug-likeness (QED) is 0.908. The predicted molar refractivity (Wildman–Crippen MR) is 90.4 cm³/mol. The smallest absolute Gasteiger partial charge is 0.269 e. The number of nitrogens with zero attached hydrogens (tertiary/aromatic N) is 2. The number of carbonyl (C=O) groups excluding carboxylic acids is 2. The molecule has 1 aromatic rings. The van der Waals surface area contributed by atoms with Gasteiger partial charge in [-0.3, -0.25) is 14.6 Å². The molecule has 23 heavy (non-hydrogen) atoms. The maximum atomic E-state index is 12.6. The summed E-state index contributed by atoms with van der Waals surface area (Å²) in [4.78, 5) is 30.7. The first kappa shape index (κ1) is 17.4. The van der Waals surface area contributed by atoms with Crippen molar-refractivity contribution in [3.8, 4) is 0 Å². The number of aromatic nitrogens is 1.